The number of allylic oxidation sites excluding steroid dienone is 2. The van der Waals surface area contributed by atoms with Crippen molar-refractivity contribution in [2.24, 2.45) is 0 Å². The molecule has 0 saturated carbocycles. The average Bonchev–Trinajstić information content (AvgIpc) is 3.09. The second kappa shape index (κ2) is 9.16. The van der Waals surface area contributed by atoms with Crippen molar-refractivity contribution in [2.45, 2.75) is 19.8 Å². The summed E-state index contributed by atoms with van der Waals surface area (Å²) < 4.78 is 17.2. The van der Waals surface area contributed by atoms with E-state index in [-0.39, 0.29) is 12.4 Å². The number of fused-ring (bicyclic) bond motifs is 2. The Labute approximate surface area is 200 Å². The fourth-order valence-corrected chi connectivity index (χ4v) is 4.89. The van der Waals surface area contributed by atoms with Crippen molar-refractivity contribution >= 4 is 33.4 Å². The minimum Gasteiger partial charge on any atom is -0.490 e. The van der Waals surface area contributed by atoms with Crippen LogP contribution in [0.5, 0.6) is 11.5 Å². The monoisotopic (exact) mass is 507 g/mol. The molecule has 7 heteroatoms. The summed E-state index contributed by atoms with van der Waals surface area (Å²) in [4.78, 5) is 26.4. The van der Waals surface area contributed by atoms with Gasteiger partial charge in [-0.1, -0.05) is 30.2 Å². The molecule has 0 fully saturated rings. The van der Waals surface area contributed by atoms with Crippen molar-refractivity contribution in [1.82, 2.24) is 5.32 Å². The highest BCUT2D eigenvalue weighted by Crippen LogP contribution is 2.49. The SMILES string of the molecule is C#CCOc1c(Br)cc([C@H]2C(C(=O)OC)=C(C)NC3=C2C(=O)c2ccccc23)cc1OCC. The summed E-state index contributed by atoms with van der Waals surface area (Å²) in [5.74, 6) is 2.06. The number of methoxy groups -OCH3 is 1. The molecule has 1 heterocycles. The molecule has 0 saturated heterocycles. The van der Waals surface area contributed by atoms with E-state index < -0.39 is 11.9 Å². The van der Waals surface area contributed by atoms with Crippen molar-refractivity contribution in [3.63, 3.8) is 0 Å². The minimum atomic E-state index is -0.661. The zero-order valence-corrected chi connectivity index (χ0v) is 20.0. The van der Waals surface area contributed by atoms with Gasteiger partial charge in [0.2, 0.25) is 0 Å². The number of hydrogen-bond donors (Lipinski definition) is 1. The van der Waals surface area contributed by atoms with E-state index in [1.165, 1.54) is 7.11 Å². The first-order chi connectivity index (χ1) is 15.9. The van der Waals surface area contributed by atoms with E-state index in [9.17, 15) is 9.59 Å². The second-order valence-corrected chi connectivity index (χ2v) is 8.36. The zero-order valence-electron chi connectivity index (χ0n) is 18.5. The molecule has 0 radical (unpaired) electrons. The maximum Gasteiger partial charge on any atom is 0.336 e. The lowest BCUT2D eigenvalue weighted by Gasteiger charge is -2.29. The predicted molar refractivity (Wildman–Crippen MR) is 128 cm³/mol. The molecule has 0 bridgehead atoms. The number of carbonyl (C=O) groups excluding carboxylic acids is 2. The van der Waals surface area contributed by atoms with Gasteiger partial charge in [0.1, 0.15) is 6.61 Å². The van der Waals surface area contributed by atoms with Crippen LogP contribution in [0.1, 0.15) is 41.3 Å². The van der Waals surface area contributed by atoms with Crippen LogP contribution in [0.3, 0.4) is 0 Å². The average molecular weight is 508 g/mol. The third kappa shape index (κ3) is 3.81. The van der Waals surface area contributed by atoms with E-state index in [0.29, 0.717) is 56.2 Å². The Bertz CT molecular complexity index is 1270. The highest BCUT2D eigenvalue weighted by atomic mass is 79.9. The molecule has 1 aliphatic heterocycles. The van der Waals surface area contributed by atoms with Crippen LogP contribution in [0.2, 0.25) is 0 Å². The van der Waals surface area contributed by atoms with Crippen LogP contribution in [-0.2, 0) is 9.53 Å². The number of ketones is 1. The van der Waals surface area contributed by atoms with Crippen molar-refractivity contribution in [1.29, 1.82) is 0 Å². The molecule has 2 aromatic carbocycles. The Morgan fingerprint density at radius 1 is 1.21 bits per heavy atom. The number of nitrogens with one attached hydrogen (secondary N) is 1. The second-order valence-electron chi connectivity index (χ2n) is 7.51. The van der Waals surface area contributed by atoms with E-state index in [2.05, 4.69) is 27.2 Å². The molecule has 0 amide bonds. The van der Waals surface area contributed by atoms with Crippen LogP contribution >= 0.6 is 15.9 Å². The molecule has 0 unspecified atom stereocenters. The fraction of sp³-hybridized carbons (Fsp3) is 0.231. The molecule has 33 heavy (non-hydrogen) atoms. The number of esters is 1. The van der Waals surface area contributed by atoms with Crippen LogP contribution in [0.4, 0.5) is 0 Å². The van der Waals surface area contributed by atoms with E-state index >= 15 is 0 Å². The molecule has 2 aromatic rings. The number of dihydropyridines is 1. The van der Waals surface area contributed by atoms with Gasteiger partial charge in [-0.3, -0.25) is 4.79 Å². The van der Waals surface area contributed by atoms with E-state index in [0.717, 1.165) is 5.56 Å². The lowest BCUT2D eigenvalue weighted by Crippen LogP contribution is -2.29. The maximum absolute atomic E-state index is 13.5. The summed E-state index contributed by atoms with van der Waals surface area (Å²) in [6.07, 6.45) is 5.36. The maximum atomic E-state index is 13.5. The first-order valence-electron chi connectivity index (χ1n) is 10.4. The van der Waals surface area contributed by atoms with Crippen molar-refractivity contribution < 1.29 is 23.8 Å². The summed E-state index contributed by atoms with van der Waals surface area (Å²) in [5.41, 5.74) is 4.27. The lowest BCUT2D eigenvalue weighted by molar-refractivity contribution is -0.136. The molecule has 1 atom stereocenters. The summed E-state index contributed by atoms with van der Waals surface area (Å²) in [5, 5.41) is 3.27. The van der Waals surface area contributed by atoms with Crippen molar-refractivity contribution in [2.75, 3.05) is 20.3 Å². The fourth-order valence-electron chi connectivity index (χ4n) is 4.31. The topological polar surface area (TPSA) is 73.9 Å². The summed E-state index contributed by atoms with van der Waals surface area (Å²) in [7, 11) is 1.33. The Hall–Kier alpha value is -3.50. The number of rotatable bonds is 6. The molecule has 0 spiro atoms. The molecular weight excluding hydrogens is 486 g/mol. The molecular formula is C26H22BrNO5. The molecule has 6 nitrogen and oxygen atoms in total. The van der Waals surface area contributed by atoms with Gasteiger partial charge in [-0.15, -0.1) is 6.42 Å². The third-order valence-corrected chi connectivity index (χ3v) is 6.21. The van der Waals surface area contributed by atoms with E-state index in [1.807, 2.05) is 31.2 Å². The number of terminal acetylenes is 1. The van der Waals surface area contributed by atoms with E-state index in [1.54, 1.807) is 19.1 Å². The number of benzene rings is 2. The van der Waals surface area contributed by atoms with Crippen LogP contribution in [0.15, 0.2) is 57.7 Å². The van der Waals surface area contributed by atoms with Crippen LogP contribution in [-0.4, -0.2) is 32.1 Å². The number of ether oxygens (including phenoxy) is 3. The van der Waals surface area contributed by atoms with Gasteiger partial charge in [0.25, 0.3) is 0 Å². The van der Waals surface area contributed by atoms with Gasteiger partial charge < -0.3 is 19.5 Å². The molecule has 1 aliphatic carbocycles. The molecule has 4 rings (SSSR count). The van der Waals surface area contributed by atoms with Gasteiger partial charge in [0, 0.05) is 28.3 Å². The van der Waals surface area contributed by atoms with Crippen LogP contribution in [0.25, 0.3) is 5.70 Å². The molecule has 0 aromatic heterocycles. The number of Topliss-reactive ketones (excluding diaryl/α,β-unsaturated/α-hetero) is 1. The molecule has 168 valence electrons. The number of hydrogen-bond acceptors (Lipinski definition) is 6. The van der Waals surface area contributed by atoms with Crippen molar-refractivity contribution in [3.8, 4) is 23.8 Å². The summed E-state index contributed by atoms with van der Waals surface area (Å²) in [6.45, 7) is 4.13. The number of halogens is 1. The van der Waals surface area contributed by atoms with Crippen molar-refractivity contribution in [3.05, 3.63) is 74.4 Å². The van der Waals surface area contributed by atoms with E-state index in [4.69, 9.17) is 20.6 Å². The number of carbonyl (C=O) groups is 2. The highest BCUT2D eigenvalue weighted by Gasteiger charge is 2.43. The van der Waals surface area contributed by atoms with Gasteiger partial charge in [-0.25, -0.2) is 4.79 Å². The smallest absolute Gasteiger partial charge is 0.336 e. The quantitative estimate of drug-likeness (QED) is 0.454. The predicted octanol–water partition coefficient (Wildman–Crippen LogP) is 4.60. The standard InChI is InChI=1S/C26H22BrNO5/c1-5-11-33-25-18(27)12-15(13-19(25)32-6-2)21-20(26(30)31-4)14(3)28-23-16-9-7-8-10-17(16)24(29)22(21)23/h1,7-10,12-13,21,28H,6,11H2,2-4H3/t21-/m0/s1. The normalized spacial score (nSPS) is 16.6. The lowest BCUT2D eigenvalue weighted by atomic mass is 9.79. The summed E-state index contributed by atoms with van der Waals surface area (Å²) in [6, 6.07) is 11.0. The summed E-state index contributed by atoms with van der Waals surface area (Å²) >= 11 is 3.55. The first kappa shape index (κ1) is 22.7. The van der Waals surface area contributed by atoms with Crippen LogP contribution < -0.4 is 14.8 Å². The zero-order chi connectivity index (χ0) is 23.7. The highest BCUT2D eigenvalue weighted by molar-refractivity contribution is 9.10. The van der Waals surface area contributed by atoms with Gasteiger partial charge >= 0.3 is 5.97 Å². The van der Waals surface area contributed by atoms with Gasteiger partial charge in [0.15, 0.2) is 17.3 Å². The van der Waals surface area contributed by atoms with Crippen LogP contribution in [0, 0.1) is 12.3 Å². The molecule has 1 N–H and O–H groups in total. The molecule has 2 aliphatic rings. The first-order valence-corrected chi connectivity index (χ1v) is 11.2. The minimum absolute atomic E-state index is 0.0703. The Morgan fingerprint density at radius 2 is 1.94 bits per heavy atom. The van der Waals surface area contributed by atoms with Gasteiger partial charge in [0.05, 0.1) is 29.5 Å². The largest absolute Gasteiger partial charge is 0.490 e. The van der Waals surface area contributed by atoms with Gasteiger partial charge in [-0.05, 0) is 47.5 Å². The third-order valence-electron chi connectivity index (χ3n) is 5.62. The Kier molecular flexibility index (Phi) is 6.30. The Balaban J connectivity index is 1.94. The van der Waals surface area contributed by atoms with Gasteiger partial charge in [-0.2, -0.15) is 0 Å². The Morgan fingerprint density at radius 3 is 2.61 bits per heavy atom.